The van der Waals surface area contributed by atoms with E-state index in [4.69, 9.17) is 4.74 Å². The Morgan fingerprint density at radius 2 is 1.61 bits per heavy atom. The minimum atomic E-state index is -0.213. The highest BCUT2D eigenvalue weighted by atomic mass is 16.5. The molecule has 0 spiro atoms. The number of rotatable bonds is 6. The molecule has 5 nitrogen and oxygen atoms in total. The van der Waals surface area contributed by atoms with E-state index in [1.165, 1.54) is 14.0 Å². The van der Waals surface area contributed by atoms with E-state index in [1.807, 2.05) is 54.6 Å². The summed E-state index contributed by atoms with van der Waals surface area (Å²) in [5.74, 6) is 0.109. The van der Waals surface area contributed by atoms with Crippen LogP contribution in [-0.2, 0) is 11.2 Å². The van der Waals surface area contributed by atoms with Gasteiger partial charge >= 0.3 is 0 Å². The Bertz CT molecular complexity index is 984. The maximum absolute atomic E-state index is 12.9. The molecule has 142 valence electrons. The number of carbonyl (C=O) groups is 2. The average molecular weight is 374 g/mol. The summed E-state index contributed by atoms with van der Waals surface area (Å²) in [4.78, 5) is 24.3. The van der Waals surface area contributed by atoms with Crippen LogP contribution in [0.1, 0.15) is 28.4 Å². The van der Waals surface area contributed by atoms with Crippen molar-refractivity contribution in [2.24, 2.45) is 0 Å². The maximum Gasteiger partial charge on any atom is 0.255 e. The van der Waals surface area contributed by atoms with Crippen molar-refractivity contribution < 1.29 is 14.3 Å². The molecule has 0 atom stereocenters. The average Bonchev–Trinajstić information content (AvgIpc) is 2.69. The summed E-state index contributed by atoms with van der Waals surface area (Å²) in [5.41, 5.74) is 3.78. The van der Waals surface area contributed by atoms with Gasteiger partial charge in [-0.1, -0.05) is 48.5 Å². The molecule has 3 aromatic carbocycles. The summed E-state index contributed by atoms with van der Waals surface area (Å²) in [5, 5.41) is 5.61. The number of anilines is 2. The highest BCUT2D eigenvalue weighted by molar-refractivity contribution is 6.06. The van der Waals surface area contributed by atoms with Crippen LogP contribution in [0.4, 0.5) is 11.4 Å². The highest BCUT2D eigenvalue weighted by Crippen LogP contribution is 2.28. The Hall–Kier alpha value is -3.60. The van der Waals surface area contributed by atoms with Gasteiger partial charge in [-0.05, 0) is 41.8 Å². The number of amides is 2. The number of hydrogen-bond donors (Lipinski definition) is 2. The lowest BCUT2D eigenvalue weighted by Crippen LogP contribution is -2.15. The van der Waals surface area contributed by atoms with Crippen molar-refractivity contribution in [2.75, 3.05) is 17.7 Å². The van der Waals surface area contributed by atoms with Gasteiger partial charge in [-0.15, -0.1) is 0 Å². The molecular formula is C23H22N2O3. The molecule has 0 aromatic heterocycles. The van der Waals surface area contributed by atoms with Gasteiger partial charge in [0.2, 0.25) is 5.91 Å². The van der Waals surface area contributed by atoms with Gasteiger partial charge in [0.15, 0.2) is 0 Å². The Kier molecular flexibility index (Phi) is 6.07. The lowest BCUT2D eigenvalue weighted by Gasteiger charge is -2.13. The van der Waals surface area contributed by atoms with Crippen LogP contribution >= 0.6 is 0 Å². The normalized spacial score (nSPS) is 10.2. The van der Waals surface area contributed by atoms with Gasteiger partial charge in [-0.2, -0.15) is 0 Å². The summed E-state index contributed by atoms with van der Waals surface area (Å²) in [6.07, 6.45) is 0.671. The molecule has 0 radical (unpaired) electrons. The molecule has 0 saturated carbocycles. The van der Waals surface area contributed by atoms with Gasteiger partial charge in [-0.3, -0.25) is 9.59 Å². The molecule has 0 aliphatic heterocycles. The predicted octanol–water partition coefficient (Wildman–Crippen LogP) is 4.50. The van der Waals surface area contributed by atoms with E-state index in [-0.39, 0.29) is 11.8 Å². The molecule has 0 fully saturated rings. The van der Waals surface area contributed by atoms with E-state index in [9.17, 15) is 9.59 Å². The van der Waals surface area contributed by atoms with Crippen molar-refractivity contribution in [3.63, 3.8) is 0 Å². The summed E-state index contributed by atoms with van der Waals surface area (Å²) in [6, 6.07) is 22.7. The first kappa shape index (κ1) is 19.2. The van der Waals surface area contributed by atoms with Gasteiger partial charge in [-0.25, -0.2) is 0 Å². The van der Waals surface area contributed by atoms with Crippen molar-refractivity contribution in [3.8, 4) is 5.75 Å². The van der Waals surface area contributed by atoms with Crippen LogP contribution in [0.25, 0.3) is 0 Å². The van der Waals surface area contributed by atoms with Gasteiger partial charge < -0.3 is 15.4 Å². The molecule has 3 aromatic rings. The number of methoxy groups -OCH3 is 1. The molecule has 3 rings (SSSR count). The summed E-state index contributed by atoms with van der Waals surface area (Å²) in [6.45, 7) is 1.42. The number of nitrogens with one attached hydrogen (secondary N) is 2. The number of hydrogen-bond acceptors (Lipinski definition) is 3. The lowest BCUT2D eigenvalue weighted by atomic mass is 9.99. The highest BCUT2D eigenvalue weighted by Gasteiger charge is 2.13. The summed E-state index contributed by atoms with van der Waals surface area (Å²) >= 11 is 0. The number of ether oxygens (including phenoxy) is 1. The predicted molar refractivity (Wildman–Crippen MR) is 111 cm³/mol. The zero-order valence-corrected chi connectivity index (χ0v) is 15.9. The number of carbonyl (C=O) groups excluding carboxylic acids is 2. The second-order valence-corrected chi connectivity index (χ2v) is 6.37. The lowest BCUT2D eigenvalue weighted by molar-refractivity contribution is -0.114. The van der Waals surface area contributed by atoms with Crippen molar-refractivity contribution >= 4 is 23.2 Å². The number of benzene rings is 3. The first-order chi connectivity index (χ1) is 13.6. The molecule has 0 bridgehead atoms. The molecule has 0 heterocycles. The van der Waals surface area contributed by atoms with Crippen LogP contribution in [0, 0.1) is 0 Å². The van der Waals surface area contributed by atoms with Crippen molar-refractivity contribution in [2.45, 2.75) is 13.3 Å². The van der Waals surface area contributed by atoms with Crippen molar-refractivity contribution in [3.05, 3.63) is 89.5 Å². The summed E-state index contributed by atoms with van der Waals surface area (Å²) < 4.78 is 5.25. The summed E-state index contributed by atoms with van der Waals surface area (Å²) in [7, 11) is 1.53. The van der Waals surface area contributed by atoms with Gasteiger partial charge in [0, 0.05) is 18.2 Å². The zero-order valence-electron chi connectivity index (χ0n) is 15.9. The second kappa shape index (κ2) is 8.86. The van der Waals surface area contributed by atoms with Gasteiger partial charge in [0.25, 0.3) is 5.91 Å². The van der Waals surface area contributed by atoms with Crippen LogP contribution < -0.4 is 15.4 Å². The first-order valence-corrected chi connectivity index (χ1v) is 8.95. The fourth-order valence-corrected chi connectivity index (χ4v) is 2.98. The van der Waals surface area contributed by atoms with E-state index in [1.54, 1.807) is 18.2 Å². The molecule has 0 aliphatic rings. The molecule has 28 heavy (non-hydrogen) atoms. The minimum absolute atomic E-state index is 0.203. The van der Waals surface area contributed by atoms with Crippen molar-refractivity contribution in [1.29, 1.82) is 0 Å². The third-order valence-corrected chi connectivity index (χ3v) is 4.27. The molecule has 5 heteroatoms. The Morgan fingerprint density at radius 3 is 2.32 bits per heavy atom. The zero-order chi connectivity index (χ0) is 19.9. The van der Waals surface area contributed by atoms with E-state index in [0.29, 0.717) is 29.1 Å². The van der Waals surface area contributed by atoms with Crippen LogP contribution in [0.5, 0.6) is 5.75 Å². The Labute approximate surface area is 164 Å². The van der Waals surface area contributed by atoms with E-state index >= 15 is 0 Å². The molecule has 0 unspecified atom stereocenters. The second-order valence-electron chi connectivity index (χ2n) is 6.37. The van der Waals surface area contributed by atoms with Crippen LogP contribution in [0.15, 0.2) is 72.8 Å². The first-order valence-electron chi connectivity index (χ1n) is 8.95. The quantitative estimate of drug-likeness (QED) is 0.668. The van der Waals surface area contributed by atoms with Gasteiger partial charge in [0.05, 0.1) is 12.8 Å². The van der Waals surface area contributed by atoms with Gasteiger partial charge in [0.1, 0.15) is 5.75 Å². The monoisotopic (exact) mass is 374 g/mol. The van der Waals surface area contributed by atoms with Crippen LogP contribution in [0.3, 0.4) is 0 Å². The van der Waals surface area contributed by atoms with Crippen molar-refractivity contribution in [1.82, 2.24) is 0 Å². The van der Waals surface area contributed by atoms with E-state index in [2.05, 4.69) is 10.6 Å². The smallest absolute Gasteiger partial charge is 0.255 e. The largest absolute Gasteiger partial charge is 0.495 e. The van der Waals surface area contributed by atoms with E-state index in [0.717, 1.165) is 11.1 Å². The van der Waals surface area contributed by atoms with Crippen LogP contribution in [0.2, 0.25) is 0 Å². The molecular weight excluding hydrogens is 352 g/mol. The maximum atomic E-state index is 12.9. The topological polar surface area (TPSA) is 67.4 Å². The third-order valence-electron chi connectivity index (χ3n) is 4.27. The third kappa shape index (κ3) is 4.76. The SMILES string of the molecule is COc1ccc(NC(=O)c2ccccc2Cc2ccccc2)cc1NC(C)=O. The van der Waals surface area contributed by atoms with E-state index < -0.39 is 0 Å². The standard InChI is InChI=1S/C23H22N2O3/c1-16(26)24-21-15-19(12-13-22(21)28-2)25-23(27)20-11-7-6-10-18(20)14-17-8-4-3-5-9-17/h3-13,15H,14H2,1-2H3,(H,24,26)(H,25,27). The fraction of sp³-hybridized carbons (Fsp3) is 0.130. The Morgan fingerprint density at radius 1 is 0.893 bits per heavy atom. The Balaban J connectivity index is 1.83. The van der Waals surface area contributed by atoms with Crippen LogP contribution in [-0.4, -0.2) is 18.9 Å². The fourth-order valence-electron chi connectivity index (χ4n) is 2.98. The molecule has 2 amide bonds. The molecule has 0 saturated heterocycles. The molecule has 2 N–H and O–H groups in total. The molecule has 0 aliphatic carbocycles. The minimum Gasteiger partial charge on any atom is -0.495 e.